The smallest absolute Gasteiger partial charge is 0.135 e. The van der Waals surface area contributed by atoms with Gasteiger partial charge in [-0.25, -0.2) is 0 Å². The highest BCUT2D eigenvalue weighted by atomic mass is 79.9. The zero-order valence-corrected chi connectivity index (χ0v) is 15.4. The molecule has 1 fully saturated rings. The fraction of sp³-hybridized carbons (Fsp3) is 0.412. The molecular weight excluding hydrogens is 385 g/mol. The average Bonchev–Trinajstić information content (AvgIpc) is 2.95. The maximum absolute atomic E-state index is 6.27. The van der Waals surface area contributed by atoms with Gasteiger partial charge in [0.2, 0.25) is 0 Å². The second-order valence-corrected chi connectivity index (χ2v) is 6.93. The van der Waals surface area contributed by atoms with Gasteiger partial charge in [-0.2, -0.15) is 0 Å². The molecule has 1 N–H and O–H groups in total. The molecule has 0 saturated heterocycles. The van der Waals surface area contributed by atoms with E-state index in [1.807, 2.05) is 30.3 Å². The summed E-state index contributed by atoms with van der Waals surface area (Å²) >= 11 is 9.68. The first-order valence-corrected chi connectivity index (χ1v) is 8.67. The van der Waals surface area contributed by atoms with Crippen molar-refractivity contribution in [1.29, 1.82) is 0 Å². The normalized spacial score (nSPS) is 15.5. The summed E-state index contributed by atoms with van der Waals surface area (Å²) in [6.07, 6.45) is 6.63. The molecule has 0 aliphatic heterocycles. The highest BCUT2D eigenvalue weighted by molar-refractivity contribution is 9.10. The molecule has 1 aromatic carbocycles. The third-order valence-electron chi connectivity index (χ3n) is 4.03. The van der Waals surface area contributed by atoms with Gasteiger partial charge >= 0.3 is 0 Å². The lowest BCUT2D eigenvalue weighted by atomic mass is 9.95. The monoisotopic (exact) mass is 403 g/mol. The van der Waals surface area contributed by atoms with E-state index in [1.54, 1.807) is 0 Å². The van der Waals surface area contributed by atoms with Crippen LogP contribution < -0.4 is 5.32 Å². The van der Waals surface area contributed by atoms with Gasteiger partial charge in [0.05, 0.1) is 11.6 Å². The van der Waals surface area contributed by atoms with E-state index in [1.165, 1.54) is 32.1 Å². The largest absolute Gasteiger partial charge is 0.460 e. The van der Waals surface area contributed by atoms with Crippen LogP contribution in [0.1, 0.15) is 37.9 Å². The summed E-state index contributed by atoms with van der Waals surface area (Å²) in [7, 11) is 0. The van der Waals surface area contributed by atoms with Gasteiger partial charge in [-0.15, -0.1) is 12.4 Å². The highest BCUT2D eigenvalue weighted by Crippen LogP contribution is 2.31. The van der Waals surface area contributed by atoms with E-state index in [4.69, 9.17) is 16.0 Å². The van der Waals surface area contributed by atoms with E-state index in [0.717, 1.165) is 28.1 Å². The van der Waals surface area contributed by atoms with Gasteiger partial charge in [-0.05, 0) is 43.2 Å². The van der Waals surface area contributed by atoms with Gasteiger partial charge in [0.1, 0.15) is 11.5 Å². The van der Waals surface area contributed by atoms with Crippen molar-refractivity contribution in [3.05, 3.63) is 45.6 Å². The lowest BCUT2D eigenvalue weighted by Gasteiger charge is -2.22. The number of hydrogen-bond acceptors (Lipinski definition) is 2. The van der Waals surface area contributed by atoms with Crippen LogP contribution in [0.15, 0.2) is 39.2 Å². The van der Waals surface area contributed by atoms with Crippen LogP contribution in [0.4, 0.5) is 0 Å². The second kappa shape index (κ2) is 8.39. The van der Waals surface area contributed by atoms with E-state index >= 15 is 0 Å². The van der Waals surface area contributed by atoms with Crippen molar-refractivity contribution in [2.75, 3.05) is 0 Å². The third-order valence-corrected chi connectivity index (χ3v) is 4.83. The summed E-state index contributed by atoms with van der Waals surface area (Å²) in [5.41, 5.74) is 0.934. The topological polar surface area (TPSA) is 25.2 Å². The lowest BCUT2D eigenvalue weighted by Crippen LogP contribution is -2.30. The molecule has 3 rings (SSSR count). The number of rotatable bonds is 4. The Labute approximate surface area is 151 Å². The van der Waals surface area contributed by atoms with Crippen LogP contribution in [0.25, 0.3) is 11.3 Å². The van der Waals surface area contributed by atoms with Crippen LogP contribution in [0.3, 0.4) is 0 Å². The molecular formula is C17H20BrCl2NO. The first-order chi connectivity index (χ1) is 10.2. The summed E-state index contributed by atoms with van der Waals surface area (Å²) in [6, 6.07) is 10.5. The zero-order valence-electron chi connectivity index (χ0n) is 12.3. The number of halogens is 3. The minimum Gasteiger partial charge on any atom is -0.460 e. The Hall–Kier alpha value is -0.480. The van der Waals surface area contributed by atoms with Crippen LogP contribution in [0.2, 0.25) is 5.02 Å². The van der Waals surface area contributed by atoms with Crippen molar-refractivity contribution in [2.24, 2.45) is 0 Å². The molecule has 1 saturated carbocycles. The number of nitrogens with one attached hydrogen (secondary N) is 1. The fourth-order valence-electron chi connectivity index (χ4n) is 2.86. The van der Waals surface area contributed by atoms with Crippen LogP contribution >= 0.6 is 39.9 Å². The van der Waals surface area contributed by atoms with Crippen molar-refractivity contribution in [1.82, 2.24) is 5.32 Å². The maximum Gasteiger partial charge on any atom is 0.135 e. The van der Waals surface area contributed by atoms with E-state index in [-0.39, 0.29) is 12.4 Å². The summed E-state index contributed by atoms with van der Waals surface area (Å²) < 4.78 is 6.89. The van der Waals surface area contributed by atoms with Crippen molar-refractivity contribution in [2.45, 2.75) is 44.7 Å². The molecule has 5 heteroatoms. The number of furan rings is 1. The van der Waals surface area contributed by atoms with Crippen molar-refractivity contribution < 1.29 is 4.42 Å². The Morgan fingerprint density at radius 1 is 1.14 bits per heavy atom. The van der Waals surface area contributed by atoms with E-state index in [2.05, 4.69) is 21.2 Å². The molecule has 22 heavy (non-hydrogen) atoms. The highest BCUT2D eigenvalue weighted by Gasteiger charge is 2.14. The Bertz CT molecular complexity index is 608. The minimum absolute atomic E-state index is 0. The summed E-state index contributed by atoms with van der Waals surface area (Å²) in [5, 5.41) is 4.29. The Morgan fingerprint density at radius 3 is 2.64 bits per heavy atom. The summed E-state index contributed by atoms with van der Waals surface area (Å²) in [6.45, 7) is 0.790. The van der Waals surface area contributed by atoms with E-state index < -0.39 is 0 Å². The summed E-state index contributed by atoms with van der Waals surface area (Å²) in [5.74, 6) is 1.79. The molecule has 0 bridgehead atoms. The molecule has 0 radical (unpaired) electrons. The van der Waals surface area contributed by atoms with Gasteiger partial charge in [0, 0.05) is 16.1 Å². The van der Waals surface area contributed by atoms with Gasteiger partial charge in [-0.3, -0.25) is 0 Å². The summed E-state index contributed by atoms with van der Waals surface area (Å²) in [4.78, 5) is 0. The molecule has 1 aliphatic carbocycles. The van der Waals surface area contributed by atoms with E-state index in [9.17, 15) is 0 Å². The quantitative estimate of drug-likeness (QED) is 0.655. The molecule has 0 atom stereocenters. The van der Waals surface area contributed by atoms with Gasteiger partial charge < -0.3 is 9.73 Å². The van der Waals surface area contributed by atoms with Gasteiger partial charge in [0.15, 0.2) is 0 Å². The fourth-order valence-corrected chi connectivity index (χ4v) is 3.63. The predicted molar refractivity (Wildman–Crippen MR) is 97.8 cm³/mol. The Morgan fingerprint density at radius 2 is 1.91 bits per heavy atom. The van der Waals surface area contributed by atoms with Crippen molar-refractivity contribution in [3.63, 3.8) is 0 Å². The molecule has 1 aliphatic rings. The molecule has 1 aromatic heterocycles. The molecule has 0 amide bonds. The number of hydrogen-bond donors (Lipinski definition) is 1. The van der Waals surface area contributed by atoms with Gasteiger partial charge in [-0.1, -0.05) is 46.8 Å². The van der Waals surface area contributed by atoms with Crippen LogP contribution in [-0.2, 0) is 6.54 Å². The third kappa shape index (κ3) is 4.51. The van der Waals surface area contributed by atoms with Crippen molar-refractivity contribution >= 4 is 39.9 Å². The number of benzene rings is 1. The minimum atomic E-state index is 0. The van der Waals surface area contributed by atoms with E-state index in [0.29, 0.717) is 11.1 Å². The second-order valence-electron chi connectivity index (χ2n) is 5.61. The standard InChI is InChI=1S/C17H19BrClNO.ClH/c18-12-6-8-15(16(19)10-12)17-9-7-14(21-17)11-20-13-4-2-1-3-5-13;/h6-10,13,20H,1-5,11H2;1H. The SMILES string of the molecule is Cl.Clc1cc(Br)ccc1-c1ccc(CNC2CCCCC2)o1. The van der Waals surface area contributed by atoms with Gasteiger partial charge in [0.25, 0.3) is 0 Å². The molecule has 120 valence electrons. The van der Waals surface area contributed by atoms with Crippen LogP contribution in [-0.4, -0.2) is 6.04 Å². The Balaban J connectivity index is 0.00000176. The molecule has 2 nitrogen and oxygen atoms in total. The predicted octanol–water partition coefficient (Wildman–Crippen LogP) is 6.21. The van der Waals surface area contributed by atoms with Crippen molar-refractivity contribution in [3.8, 4) is 11.3 Å². The van der Waals surface area contributed by atoms with Crippen LogP contribution in [0.5, 0.6) is 0 Å². The Kier molecular flexibility index (Phi) is 6.82. The van der Waals surface area contributed by atoms with Crippen LogP contribution in [0, 0.1) is 0 Å². The molecule has 2 aromatic rings. The average molecular weight is 405 g/mol. The lowest BCUT2D eigenvalue weighted by molar-refractivity contribution is 0.358. The first kappa shape index (κ1) is 17.9. The maximum atomic E-state index is 6.27. The first-order valence-electron chi connectivity index (χ1n) is 7.50. The molecule has 0 spiro atoms. The molecule has 0 unspecified atom stereocenters. The zero-order chi connectivity index (χ0) is 14.7. The molecule has 1 heterocycles.